The summed E-state index contributed by atoms with van der Waals surface area (Å²) in [6.45, 7) is 1.17. The molecule has 0 aromatic heterocycles. The van der Waals surface area contributed by atoms with Gasteiger partial charge in [-0.15, -0.1) is 0 Å². The number of ether oxygens (including phenoxy) is 2. The van der Waals surface area contributed by atoms with E-state index in [0.29, 0.717) is 16.5 Å². The molecule has 0 saturated carbocycles. The van der Waals surface area contributed by atoms with Crippen molar-refractivity contribution >= 4 is 29.7 Å². The van der Waals surface area contributed by atoms with E-state index in [-0.39, 0.29) is 12.6 Å². The number of benzene rings is 2. The van der Waals surface area contributed by atoms with Gasteiger partial charge < -0.3 is 9.47 Å². The van der Waals surface area contributed by atoms with E-state index in [1.165, 1.54) is 13.1 Å². The molecule has 0 aliphatic rings. The molecule has 0 bridgehead atoms. The quantitative estimate of drug-likeness (QED) is 0.377. The first kappa shape index (κ1) is 17.5. The molecule has 0 aliphatic carbocycles. The molecule has 0 spiro atoms. The summed E-state index contributed by atoms with van der Waals surface area (Å²) in [5.74, 6) is 0.210. The van der Waals surface area contributed by atoms with Crippen LogP contribution < -0.4 is 14.9 Å². The highest BCUT2D eigenvalue weighted by molar-refractivity contribution is 6.30. The number of amides is 1. The lowest BCUT2D eigenvalue weighted by Crippen LogP contribution is -2.24. The maximum absolute atomic E-state index is 11.6. The SMILES string of the molecule is CC(=O)Oc1ccc(/C=N\NC(=O)COc2ccc(Cl)cc2)cc1. The predicted octanol–water partition coefficient (Wildman–Crippen LogP) is 2.79. The number of hydrogen-bond acceptors (Lipinski definition) is 5. The van der Waals surface area contributed by atoms with Gasteiger partial charge in [-0.25, -0.2) is 5.43 Å². The summed E-state index contributed by atoms with van der Waals surface area (Å²) >= 11 is 5.76. The molecule has 2 aromatic rings. The molecule has 2 aromatic carbocycles. The van der Waals surface area contributed by atoms with Crippen molar-refractivity contribution < 1.29 is 19.1 Å². The minimum Gasteiger partial charge on any atom is -0.484 e. The summed E-state index contributed by atoms with van der Waals surface area (Å²) < 4.78 is 10.2. The maximum atomic E-state index is 11.6. The van der Waals surface area contributed by atoms with Crippen molar-refractivity contribution in [2.24, 2.45) is 5.10 Å². The highest BCUT2D eigenvalue weighted by Crippen LogP contribution is 2.15. The summed E-state index contributed by atoms with van der Waals surface area (Å²) in [6.07, 6.45) is 1.47. The Morgan fingerprint density at radius 2 is 1.71 bits per heavy atom. The number of rotatable bonds is 6. The van der Waals surface area contributed by atoms with Gasteiger partial charge in [0, 0.05) is 11.9 Å². The van der Waals surface area contributed by atoms with Crippen LogP contribution in [0, 0.1) is 0 Å². The van der Waals surface area contributed by atoms with Crippen LogP contribution in [0.3, 0.4) is 0 Å². The minimum atomic E-state index is -0.391. The fourth-order valence-electron chi connectivity index (χ4n) is 1.68. The van der Waals surface area contributed by atoms with Gasteiger partial charge in [0.1, 0.15) is 11.5 Å². The van der Waals surface area contributed by atoms with E-state index in [4.69, 9.17) is 21.1 Å². The third kappa shape index (κ3) is 6.10. The molecule has 2 rings (SSSR count). The molecule has 1 amide bonds. The second-order valence-electron chi connectivity index (χ2n) is 4.70. The van der Waals surface area contributed by atoms with Crippen molar-refractivity contribution in [3.8, 4) is 11.5 Å². The van der Waals surface area contributed by atoms with Crippen molar-refractivity contribution in [2.45, 2.75) is 6.92 Å². The molecule has 0 unspecified atom stereocenters. The van der Waals surface area contributed by atoms with E-state index in [1.807, 2.05) is 0 Å². The number of hydrazone groups is 1. The molecule has 0 aliphatic heterocycles. The zero-order chi connectivity index (χ0) is 17.4. The Morgan fingerprint density at radius 3 is 2.33 bits per heavy atom. The Kier molecular flexibility index (Phi) is 6.33. The molecule has 0 heterocycles. The third-order valence-electron chi connectivity index (χ3n) is 2.73. The zero-order valence-corrected chi connectivity index (χ0v) is 13.6. The standard InChI is InChI=1S/C17H15ClN2O4/c1-12(21)24-16-6-2-13(3-7-16)10-19-20-17(22)11-23-15-8-4-14(18)5-9-15/h2-10H,11H2,1H3,(H,20,22)/b19-10-. The summed E-state index contributed by atoms with van der Waals surface area (Å²) in [5, 5.41) is 4.42. The summed E-state index contributed by atoms with van der Waals surface area (Å²) in [5.41, 5.74) is 3.09. The monoisotopic (exact) mass is 346 g/mol. The number of hydrogen-bond donors (Lipinski definition) is 1. The molecule has 0 fully saturated rings. The molecular weight excluding hydrogens is 332 g/mol. The van der Waals surface area contributed by atoms with Gasteiger partial charge in [0.2, 0.25) is 0 Å². The van der Waals surface area contributed by atoms with E-state index >= 15 is 0 Å². The topological polar surface area (TPSA) is 77.0 Å². The average Bonchev–Trinajstić information content (AvgIpc) is 2.55. The van der Waals surface area contributed by atoms with E-state index in [1.54, 1.807) is 48.5 Å². The Bertz CT molecular complexity index is 727. The lowest BCUT2D eigenvalue weighted by Gasteiger charge is -2.04. The summed E-state index contributed by atoms with van der Waals surface area (Å²) in [6, 6.07) is 13.4. The Hall–Kier alpha value is -2.86. The minimum absolute atomic E-state index is 0.162. The predicted molar refractivity (Wildman–Crippen MR) is 90.4 cm³/mol. The number of esters is 1. The van der Waals surface area contributed by atoms with E-state index in [9.17, 15) is 9.59 Å². The van der Waals surface area contributed by atoms with Gasteiger partial charge in [0.15, 0.2) is 6.61 Å². The van der Waals surface area contributed by atoms with Crippen LogP contribution in [0.4, 0.5) is 0 Å². The number of halogens is 1. The second kappa shape index (κ2) is 8.69. The lowest BCUT2D eigenvalue weighted by atomic mass is 10.2. The van der Waals surface area contributed by atoms with Gasteiger partial charge in [-0.1, -0.05) is 11.6 Å². The van der Waals surface area contributed by atoms with Crippen molar-refractivity contribution in [1.82, 2.24) is 5.43 Å². The van der Waals surface area contributed by atoms with Crippen LogP contribution >= 0.6 is 11.6 Å². The number of carbonyl (C=O) groups excluding carboxylic acids is 2. The van der Waals surface area contributed by atoms with Crippen molar-refractivity contribution in [3.63, 3.8) is 0 Å². The van der Waals surface area contributed by atoms with Crippen molar-refractivity contribution in [1.29, 1.82) is 0 Å². The normalized spacial score (nSPS) is 10.4. The smallest absolute Gasteiger partial charge is 0.308 e. The lowest BCUT2D eigenvalue weighted by molar-refractivity contribution is -0.131. The van der Waals surface area contributed by atoms with Crippen LogP contribution in [0.1, 0.15) is 12.5 Å². The number of carbonyl (C=O) groups is 2. The Balaban J connectivity index is 1.77. The fraction of sp³-hybridized carbons (Fsp3) is 0.118. The van der Waals surface area contributed by atoms with Gasteiger partial charge in [0.05, 0.1) is 6.21 Å². The first-order valence-electron chi connectivity index (χ1n) is 7.02. The molecular formula is C17H15ClN2O4. The maximum Gasteiger partial charge on any atom is 0.308 e. The number of nitrogens with zero attached hydrogens (tertiary/aromatic N) is 1. The number of nitrogens with one attached hydrogen (secondary N) is 1. The van der Waals surface area contributed by atoms with Crippen LogP contribution in [-0.4, -0.2) is 24.7 Å². The molecule has 124 valence electrons. The van der Waals surface area contributed by atoms with Gasteiger partial charge in [-0.05, 0) is 54.1 Å². The van der Waals surface area contributed by atoms with Crippen LogP contribution in [0.5, 0.6) is 11.5 Å². The summed E-state index contributed by atoms with van der Waals surface area (Å²) in [4.78, 5) is 22.4. The van der Waals surface area contributed by atoms with Gasteiger partial charge in [-0.3, -0.25) is 9.59 Å². The summed E-state index contributed by atoms with van der Waals surface area (Å²) in [7, 11) is 0. The Morgan fingerprint density at radius 1 is 1.08 bits per heavy atom. The largest absolute Gasteiger partial charge is 0.484 e. The van der Waals surface area contributed by atoms with Crippen LogP contribution in [0.2, 0.25) is 5.02 Å². The van der Waals surface area contributed by atoms with Crippen molar-refractivity contribution in [3.05, 3.63) is 59.1 Å². The van der Waals surface area contributed by atoms with Crippen LogP contribution in [0.25, 0.3) is 0 Å². The highest BCUT2D eigenvalue weighted by Gasteiger charge is 2.01. The van der Waals surface area contributed by atoms with Crippen molar-refractivity contribution in [2.75, 3.05) is 6.61 Å². The molecule has 6 nitrogen and oxygen atoms in total. The van der Waals surface area contributed by atoms with Crippen LogP contribution in [-0.2, 0) is 9.59 Å². The molecule has 1 N–H and O–H groups in total. The van der Waals surface area contributed by atoms with E-state index in [0.717, 1.165) is 5.56 Å². The molecule has 0 saturated heterocycles. The first-order valence-corrected chi connectivity index (χ1v) is 7.39. The average molecular weight is 347 g/mol. The third-order valence-corrected chi connectivity index (χ3v) is 2.98. The molecule has 0 atom stereocenters. The first-order chi connectivity index (χ1) is 11.5. The molecule has 24 heavy (non-hydrogen) atoms. The zero-order valence-electron chi connectivity index (χ0n) is 12.9. The fourth-order valence-corrected chi connectivity index (χ4v) is 1.80. The second-order valence-corrected chi connectivity index (χ2v) is 5.13. The van der Waals surface area contributed by atoms with E-state index in [2.05, 4.69) is 10.5 Å². The molecule has 0 radical (unpaired) electrons. The van der Waals surface area contributed by atoms with Gasteiger partial charge in [0.25, 0.3) is 5.91 Å². The Labute approximate surface area is 144 Å². The molecule has 7 heteroatoms. The van der Waals surface area contributed by atoms with Crippen LogP contribution in [0.15, 0.2) is 53.6 Å². The van der Waals surface area contributed by atoms with Gasteiger partial charge in [-0.2, -0.15) is 5.10 Å². The van der Waals surface area contributed by atoms with Gasteiger partial charge >= 0.3 is 5.97 Å². The highest BCUT2D eigenvalue weighted by atomic mass is 35.5. The van der Waals surface area contributed by atoms with E-state index < -0.39 is 5.91 Å².